The van der Waals surface area contributed by atoms with Crippen LogP contribution in [0.1, 0.15) is 16.7 Å². The number of amides is 1. The first-order chi connectivity index (χ1) is 14.3. The Balaban J connectivity index is 1.42. The van der Waals surface area contributed by atoms with Gasteiger partial charge in [-0.15, -0.1) is 0 Å². The fraction of sp³-hybridized carbons (Fsp3) is 0.167. The van der Waals surface area contributed by atoms with Crippen molar-refractivity contribution in [2.24, 2.45) is 4.99 Å². The Morgan fingerprint density at radius 3 is 2.14 bits per heavy atom. The van der Waals surface area contributed by atoms with Crippen LogP contribution in [0, 0.1) is 0 Å². The van der Waals surface area contributed by atoms with E-state index >= 15 is 0 Å². The molecule has 2 heterocycles. The van der Waals surface area contributed by atoms with Crippen LogP contribution in [-0.4, -0.2) is 16.0 Å². The first kappa shape index (κ1) is 18.5. The Morgan fingerprint density at radius 2 is 1.45 bits per heavy atom. The molecular weight excluding hydrogens is 396 g/mol. The zero-order valence-electron chi connectivity index (χ0n) is 15.9. The monoisotopic (exact) mass is 416 g/mol. The number of carbonyl (C=O) groups excluding carboxylic acids is 1. The number of fused-ring (bicyclic) bond motifs is 3. The summed E-state index contributed by atoms with van der Waals surface area (Å²) in [4.78, 5) is 20.1. The van der Waals surface area contributed by atoms with Gasteiger partial charge in [0.15, 0.2) is 0 Å². The van der Waals surface area contributed by atoms with E-state index in [0.29, 0.717) is 5.75 Å². The SMILES string of the molecule is O=C(CSC1=Nc2ccccc2CS1)N1c2ccccc2CCc2ccccc21. The number of hydrogen-bond acceptors (Lipinski definition) is 4. The van der Waals surface area contributed by atoms with Gasteiger partial charge < -0.3 is 0 Å². The van der Waals surface area contributed by atoms with Crippen molar-refractivity contribution in [1.29, 1.82) is 0 Å². The van der Waals surface area contributed by atoms with Crippen LogP contribution >= 0.6 is 23.5 Å². The van der Waals surface area contributed by atoms with Gasteiger partial charge in [0.25, 0.3) is 0 Å². The number of nitrogens with zero attached hydrogens (tertiary/aromatic N) is 2. The zero-order valence-corrected chi connectivity index (χ0v) is 17.5. The molecule has 0 bridgehead atoms. The zero-order chi connectivity index (χ0) is 19.6. The largest absolute Gasteiger partial charge is 0.280 e. The van der Waals surface area contributed by atoms with Gasteiger partial charge in [0, 0.05) is 5.75 Å². The maximum Gasteiger partial charge on any atom is 0.241 e. The summed E-state index contributed by atoms with van der Waals surface area (Å²) in [6, 6.07) is 24.7. The van der Waals surface area contributed by atoms with Crippen molar-refractivity contribution in [3.05, 3.63) is 89.5 Å². The molecule has 5 heteroatoms. The predicted molar refractivity (Wildman–Crippen MR) is 125 cm³/mol. The molecule has 0 unspecified atom stereocenters. The molecule has 0 N–H and O–H groups in total. The number of anilines is 2. The van der Waals surface area contributed by atoms with Gasteiger partial charge in [0.1, 0.15) is 4.38 Å². The first-order valence-electron chi connectivity index (χ1n) is 9.70. The second-order valence-electron chi connectivity index (χ2n) is 7.07. The number of aryl methyl sites for hydroxylation is 2. The summed E-state index contributed by atoms with van der Waals surface area (Å²) in [5, 5.41) is 0. The number of carbonyl (C=O) groups is 1. The van der Waals surface area contributed by atoms with E-state index in [1.165, 1.54) is 16.7 Å². The molecule has 29 heavy (non-hydrogen) atoms. The summed E-state index contributed by atoms with van der Waals surface area (Å²) in [7, 11) is 0. The summed E-state index contributed by atoms with van der Waals surface area (Å²) in [6.07, 6.45) is 1.90. The molecule has 2 aliphatic rings. The minimum Gasteiger partial charge on any atom is -0.280 e. The Morgan fingerprint density at radius 1 is 0.862 bits per heavy atom. The summed E-state index contributed by atoms with van der Waals surface area (Å²) in [6.45, 7) is 0. The number of hydrogen-bond donors (Lipinski definition) is 0. The number of thioether (sulfide) groups is 2. The molecule has 5 rings (SSSR count). The average Bonchev–Trinajstić information content (AvgIpc) is 2.94. The van der Waals surface area contributed by atoms with Crippen LogP contribution in [0.5, 0.6) is 0 Å². The molecule has 144 valence electrons. The van der Waals surface area contributed by atoms with E-state index in [1.807, 2.05) is 35.2 Å². The van der Waals surface area contributed by atoms with Gasteiger partial charge in [-0.3, -0.25) is 9.69 Å². The molecule has 1 amide bonds. The number of rotatable bonds is 2. The Bertz CT molecular complexity index is 1060. The van der Waals surface area contributed by atoms with Crippen LogP contribution in [0.4, 0.5) is 17.1 Å². The molecule has 3 aromatic carbocycles. The minimum atomic E-state index is 0.0963. The van der Waals surface area contributed by atoms with Crippen molar-refractivity contribution >= 4 is 50.9 Å². The maximum atomic E-state index is 13.4. The lowest BCUT2D eigenvalue weighted by molar-refractivity contribution is -0.115. The van der Waals surface area contributed by atoms with E-state index in [-0.39, 0.29) is 5.91 Å². The Kier molecular flexibility index (Phi) is 5.17. The topological polar surface area (TPSA) is 32.7 Å². The number of aliphatic imine (C=N–C) groups is 1. The van der Waals surface area contributed by atoms with Crippen LogP contribution in [0.25, 0.3) is 0 Å². The van der Waals surface area contributed by atoms with E-state index < -0.39 is 0 Å². The molecular formula is C24H20N2OS2. The highest BCUT2D eigenvalue weighted by Crippen LogP contribution is 2.38. The lowest BCUT2D eigenvalue weighted by atomic mass is 10.0. The van der Waals surface area contributed by atoms with Crippen LogP contribution < -0.4 is 4.90 Å². The van der Waals surface area contributed by atoms with Gasteiger partial charge in [-0.2, -0.15) is 0 Å². The van der Waals surface area contributed by atoms with Crippen molar-refractivity contribution in [2.45, 2.75) is 18.6 Å². The molecule has 2 aliphatic heterocycles. The van der Waals surface area contributed by atoms with Crippen molar-refractivity contribution in [2.75, 3.05) is 10.7 Å². The fourth-order valence-electron chi connectivity index (χ4n) is 3.82. The van der Waals surface area contributed by atoms with Crippen molar-refractivity contribution in [3.63, 3.8) is 0 Å². The first-order valence-corrected chi connectivity index (χ1v) is 11.7. The van der Waals surface area contributed by atoms with Crippen molar-refractivity contribution in [3.8, 4) is 0 Å². The van der Waals surface area contributed by atoms with Crippen molar-refractivity contribution in [1.82, 2.24) is 0 Å². The third kappa shape index (κ3) is 3.72. The molecule has 3 nitrogen and oxygen atoms in total. The van der Waals surface area contributed by atoms with E-state index in [4.69, 9.17) is 4.99 Å². The minimum absolute atomic E-state index is 0.0963. The summed E-state index contributed by atoms with van der Waals surface area (Å²) < 4.78 is 0.966. The van der Waals surface area contributed by atoms with Gasteiger partial charge in [-0.05, 0) is 47.7 Å². The van der Waals surface area contributed by atoms with Gasteiger partial charge >= 0.3 is 0 Å². The second kappa shape index (κ2) is 8.09. The molecule has 0 aliphatic carbocycles. The van der Waals surface area contributed by atoms with Crippen LogP contribution in [0.15, 0.2) is 77.8 Å². The maximum absolute atomic E-state index is 13.4. The Hall–Kier alpha value is -2.50. The lowest BCUT2D eigenvalue weighted by Gasteiger charge is -2.25. The molecule has 0 aromatic heterocycles. The standard InChI is InChI=1S/C24H20N2OS2/c27-23(16-29-24-25-20-10-4-1-9-19(20)15-28-24)26-21-11-5-2-7-17(21)13-14-18-8-3-6-12-22(18)26/h1-12H,13-16H2. The number of benzene rings is 3. The van der Waals surface area contributed by atoms with E-state index in [0.717, 1.165) is 40.0 Å². The third-order valence-electron chi connectivity index (χ3n) is 5.25. The normalized spacial score (nSPS) is 14.9. The van der Waals surface area contributed by atoms with E-state index in [9.17, 15) is 4.79 Å². The summed E-state index contributed by atoms with van der Waals surface area (Å²) >= 11 is 3.25. The lowest BCUT2D eigenvalue weighted by Crippen LogP contribution is -2.28. The highest BCUT2D eigenvalue weighted by atomic mass is 32.2. The smallest absolute Gasteiger partial charge is 0.241 e. The fourth-order valence-corrected chi connectivity index (χ4v) is 5.73. The van der Waals surface area contributed by atoms with Gasteiger partial charge in [-0.1, -0.05) is 78.1 Å². The van der Waals surface area contributed by atoms with E-state index in [1.54, 1.807) is 23.5 Å². The number of para-hydroxylation sites is 3. The summed E-state index contributed by atoms with van der Waals surface area (Å²) in [5.74, 6) is 1.38. The van der Waals surface area contributed by atoms with Gasteiger partial charge in [-0.25, -0.2) is 4.99 Å². The quantitative estimate of drug-likeness (QED) is 0.505. The predicted octanol–water partition coefficient (Wildman–Crippen LogP) is 6.12. The third-order valence-corrected chi connectivity index (χ3v) is 7.48. The molecule has 0 fully saturated rings. The average molecular weight is 417 g/mol. The Labute approximate surface area is 179 Å². The van der Waals surface area contributed by atoms with Crippen LogP contribution in [0.2, 0.25) is 0 Å². The van der Waals surface area contributed by atoms with Crippen LogP contribution in [-0.2, 0) is 23.4 Å². The molecule has 3 aromatic rings. The van der Waals surface area contributed by atoms with Crippen LogP contribution in [0.3, 0.4) is 0 Å². The molecule has 0 atom stereocenters. The molecule has 0 saturated heterocycles. The second-order valence-corrected chi connectivity index (χ2v) is 9.26. The van der Waals surface area contributed by atoms with Gasteiger partial charge in [0.2, 0.25) is 5.91 Å². The highest BCUT2D eigenvalue weighted by Gasteiger charge is 2.26. The van der Waals surface area contributed by atoms with Gasteiger partial charge in [0.05, 0.1) is 22.8 Å². The van der Waals surface area contributed by atoms with Crippen molar-refractivity contribution < 1.29 is 4.79 Å². The molecule has 0 saturated carbocycles. The molecule has 0 spiro atoms. The highest BCUT2D eigenvalue weighted by molar-refractivity contribution is 8.38. The summed E-state index contributed by atoms with van der Waals surface area (Å²) in [5.41, 5.74) is 6.73. The van der Waals surface area contributed by atoms with E-state index in [2.05, 4.69) is 42.5 Å². The molecule has 0 radical (unpaired) electrons.